The van der Waals surface area contributed by atoms with Crippen LogP contribution < -0.4 is 14.4 Å². The molecule has 0 amide bonds. The van der Waals surface area contributed by atoms with Gasteiger partial charge >= 0.3 is 5.97 Å². The van der Waals surface area contributed by atoms with E-state index in [0.29, 0.717) is 17.9 Å². The third-order valence-electron chi connectivity index (χ3n) is 5.62. The molecule has 0 N–H and O–H groups in total. The summed E-state index contributed by atoms with van der Waals surface area (Å²) in [5.41, 5.74) is 1.30. The summed E-state index contributed by atoms with van der Waals surface area (Å²) >= 11 is 0. The van der Waals surface area contributed by atoms with Gasteiger partial charge in [0.25, 0.3) is 0 Å². The Labute approximate surface area is 194 Å². The Morgan fingerprint density at radius 2 is 1.58 bits per heavy atom. The number of carbonyl (C=O) groups is 1. The highest BCUT2D eigenvalue weighted by atomic mass is 16.6. The van der Waals surface area contributed by atoms with Gasteiger partial charge in [0, 0.05) is 6.61 Å². The number of ether oxygens (including phenoxy) is 4. The van der Waals surface area contributed by atoms with Crippen molar-refractivity contribution in [2.75, 3.05) is 18.1 Å². The molecular formula is C27H29NO5. The zero-order chi connectivity index (χ0) is 23.4. The summed E-state index contributed by atoms with van der Waals surface area (Å²) in [6.07, 6.45) is -0.354. The van der Waals surface area contributed by atoms with Gasteiger partial charge in [-0.3, -0.25) is 4.90 Å². The van der Waals surface area contributed by atoms with Crippen LogP contribution in [0.3, 0.4) is 0 Å². The molecule has 2 unspecified atom stereocenters. The van der Waals surface area contributed by atoms with Crippen molar-refractivity contribution in [1.82, 2.24) is 0 Å². The number of hydrogen-bond donors (Lipinski definition) is 0. The zero-order valence-electron chi connectivity index (χ0n) is 19.4. The number of para-hydroxylation sites is 4. The monoisotopic (exact) mass is 447 g/mol. The van der Waals surface area contributed by atoms with Crippen molar-refractivity contribution in [3.63, 3.8) is 0 Å². The molecule has 0 aromatic heterocycles. The molecule has 3 aromatic carbocycles. The van der Waals surface area contributed by atoms with Crippen LogP contribution in [0.1, 0.15) is 33.3 Å². The van der Waals surface area contributed by atoms with Gasteiger partial charge in [-0.15, -0.1) is 0 Å². The third kappa shape index (κ3) is 4.39. The largest absolute Gasteiger partial charge is 0.470 e. The molecule has 6 heteroatoms. The highest BCUT2D eigenvalue weighted by Gasteiger charge is 2.38. The average Bonchev–Trinajstić information content (AvgIpc) is 2.82. The van der Waals surface area contributed by atoms with Crippen molar-refractivity contribution >= 4 is 17.3 Å². The van der Waals surface area contributed by atoms with E-state index in [1.807, 2.05) is 86.6 Å². The summed E-state index contributed by atoms with van der Waals surface area (Å²) in [5, 5.41) is 0. The molecule has 172 valence electrons. The van der Waals surface area contributed by atoms with E-state index in [2.05, 4.69) is 4.90 Å². The summed E-state index contributed by atoms with van der Waals surface area (Å²) in [6.45, 7) is 8.00. The van der Waals surface area contributed by atoms with Gasteiger partial charge in [-0.05, 0) is 69.7 Å². The zero-order valence-corrected chi connectivity index (χ0v) is 19.4. The molecule has 0 saturated heterocycles. The molecule has 2 atom stereocenters. The normalized spacial score (nSPS) is 14.8. The maximum absolute atomic E-state index is 12.7. The predicted molar refractivity (Wildman–Crippen MR) is 127 cm³/mol. The lowest BCUT2D eigenvalue weighted by atomic mass is 9.95. The van der Waals surface area contributed by atoms with Gasteiger partial charge in [-0.2, -0.15) is 0 Å². The lowest BCUT2D eigenvalue weighted by molar-refractivity contribution is -0.171. The van der Waals surface area contributed by atoms with Crippen molar-refractivity contribution in [1.29, 1.82) is 0 Å². The van der Waals surface area contributed by atoms with Crippen molar-refractivity contribution in [2.24, 2.45) is 0 Å². The molecule has 6 nitrogen and oxygen atoms in total. The minimum absolute atomic E-state index is 0.282. The number of fused-ring (bicyclic) bond motifs is 2. The molecule has 33 heavy (non-hydrogen) atoms. The Hall–Kier alpha value is -3.51. The fourth-order valence-electron chi connectivity index (χ4n) is 4.06. The van der Waals surface area contributed by atoms with E-state index in [9.17, 15) is 4.79 Å². The van der Waals surface area contributed by atoms with Crippen LogP contribution in [0.15, 0.2) is 72.8 Å². The molecule has 1 aliphatic rings. The summed E-state index contributed by atoms with van der Waals surface area (Å²) < 4.78 is 23.6. The highest BCUT2D eigenvalue weighted by Crippen LogP contribution is 2.47. The van der Waals surface area contributed by atoms with E-state index in [4.69, 9.17) is 18.9 Å². The predicted octanol–water partition coefficient (Wildman–Crippen LogP) is 6.17. The SMILES string of the molecule is CCOC(=O)C(C)(OCC)c1cccc(OC(C)N2c3ccccc3Oc3ccccc32)c1. The third-order valence-corrected chi connectivity index (χ3v) is 5.62. The molecule has 0 aliphatic carbocycles. The Morgan fingerprint density at radius 1 is 0.939 bits per heavy atom. The minimum Gasteiger partial charge on any atom is -0.470 e. The molecule has 1 heterocycles. The van der Waals surface area contributed by atoms with Crippen molar-refractivity contribution < 1.29 is 23.7 Å². The Kier molecular flexibility index (Phi) is 6.56. The maximum atomic E-state index is 12.7. The second kappa shape index (κ2) is 9.55. The van der Waals surface area contributed by atoms with E-state index in [-0.39, 0.29) is 12.8 Å². The maximum Gasteiger partial charge on any atom is 0.342 e. The van der Waals surface area contributed by atoms with E-state index >= 15 is 0 Å². The number of benzene rings is 3. The number of hydrogen-bond acceptors (Lipinski definition) is 6. The van der Waals surface area contributed by atoms with E-state index < -0.39 is 11.6 Å². The second-order valence-electron chi connectivity index (χ2n) is 7.84. The van der Waals surface area contributed by atoms with Gasteiger partial charge in [0.2, 0.25) is 0 Å². The lowest BCUT2D eigenvalue weighted by Crippen LogP contribution is -2.38. The quantitative estimate of drug-likeness (QED) is 0.385. The first kappa shape index (κ1) is 22.7. The molecule has 4 rings (SSSR count). The van der Waals surface area contributed by atoms with Gasteiger partial charge in [0.1, 0.15) is 5.75 Å². The first-order chi connectivity index (χ1) is 16.0. The van der Waals surface area contributed by atoms with Crippen molar-refractivity contribution in [3.05, 3.63) is 78.4 Å². The summed E-state index contributed by atoms with van der Waals surface area (Å²) in [5.74, 6) is 1.74. The molecular weight excluding hydrogens is 418 g/mol. The van der Waals surface area contributed by atoms with Crippen molar-refractivity contribution in [2.45, 2.75) is 39.5 Å². The van der Waals surface area contributed by atoms with Crippen LogP contribution in [0.25, 0.3) is 0 Å². The smallest absolute Gasteiger partial charge is 0.342 e. The molecule has 0 spiro atoms. The van der Waals surface area contributed by atoms with Crippen LogP contribution in [-0.4, -0.2) is 25.4 Å². The Balaban J connectivity index is 1.65. The van der Waals surface area contributed by atoms with Crippen LogP contribution >= 0.6 is 0 Å². The molecule has 0 radical (unpaired) electrons. The van der Waals surface area contributed by atoms with E-state index in [0.717, 1.165) is 22.9 Å². The number of rotatable bonds is 8. The lowest BCUT2D eigenvalue weighted by Gasteiger charge is -2.36. The van der Waals surface area contributed by atoms with E-state index in [1.54, 1.807) is 13.8 Å². The van der Waals surface area contributed by atoms with Gasteiger partial charge in [0.05, 0.1) is 18.0 Å². The minimum atomic E-state index is -1.22. The summed E-state index contributed by atoms with van der Waals surface area (Å²) in [6, 6.07) is 23.2. The molecule has 3 aromatic rings. The Morgan fingerprint density at radius 3 is 2.18 bits per heavy atom. The molecule has 0 saturated carbocycles. The van der Waals surface area contributed by atoms with Gasteiger partial charge in [-0.25, -0.2) is 4.79 Å². The summed E-state index contributed by atoms with van der Waals surface area (Å²) in [4.78, 5) is 14.8. The number of anilines is 2. The number of nitrogens with zero attached hydrogens (tertiary/aromatic N) is 1. The molecule has 0 fully saturated rings. The van der Waals surface area contributed by atoms with Crippen LogP contribution in [0, 0.1) is 0 Å². The fourth-order valence-corrected chi connectivity index (χ4v) is 4.06. The Bertz CT molecular complexity index is 1090. The summed E-state index contributed by atoms with van der Waals surface area (Å²) in [7, 11) is 0. The van der Waals surface area contributed by atoms with Crippen LogP contribution in [-0.2, 0) is 19.9 Å². The number of carbonyl (C=O) groups excluding carboxylic acids is 1. The topological polar surface area (TPSA) is 57.2 Å². The first-order valence-corrected chi connectivity index (χ1v) is 11.2. The number of esters is 1. The van der Waals surface area contributed by atoms with Gasteiger partial charge in [-0.1, -0.05) is 36.4 Å². The van der Waals surface area contributed by atoms with Crippen molar-refractivity contribution in [3.8, 4) is 17.2 Å². The molecule has 0 bridgehead atoms. The van der Waals surface area contributed by atoms with Crippen LogP contribution in [0.5, 0.6) is 17.2 Å². The van der Waals surface area contributed by atoms with Crippen LogP contribution in [0.4, 0.5) is 11.4 Å². The second-order valence-corrected chi connectivity index (χ2v) is 7.84. The standard InChI is InChI=1S/C27H29NO5/c1-5-30-26(29)27(4,31-6-2)20-12-11-13-21(18-20)32-19(3)28-22-14-7-9-16-24(22)33-25-17-10-8-15-23(25)28/h7-19H,5-6H2,1-4H3. The highest BCUT2D eigenvalue weighted by molar-refractivity contribution is 5.81. The molecule has 1 aliphatic heterocycles. The van der Waals surface area contributed by atoms with Gasteiger partial charge in [0.15, 0.2) is 23.3 Å². The van der Waals surface area contributed by atoms with Gasteiger partial charge < -0.3 is 18.9 Å². The van der Waals surface area contributed by atoms with E-state index in [1.165, 1.54) is 0 Å². The average molecular weight is 448 g/mol. The fraction of sp³-hybridized carbons (Fsp3) is 0.296. The first-order valence-electron chi connectivity index (χ1n) is 11.2. The van der Waals surface area contributed by atoms with Crippen LogP contribution in [0.2, 0.25) is 0 Å².